The average Bonchev–Trinajstić information content (AvgIpc) is 2.47. The third-order valence-electron chi connectivity index (χ3n) is 3.14. The second-order valence-corrected chi connectivity index (χ2v) is 5.51. The van der Waals surface area contributed by atoms with Crippen LogP contribution >= 0.6 is 11.6 Å². The molecule has 0 saturated carbocycles. The lowest BCUT2D eigenvalue weighted by Crippen LogP contribution is -2.22. The van der Waals surface area contributed by atoms with Crippen molar-refractivity contribution in [3.8, 4) is 0 Å². The number of nitrogens with one attached hydrogen (secondary N) is 2. The van der Waals surface area contributed by atoms with Crippen molar-refractivity contribution in [3.05, 3.63) is 35.1 Å². The van der Waals surface area contributed by atoms with Crippen molar-refractivity contribution in [1.29, 1.82) is 0 Å². The topological polar surface area (TPSA) is 85.1 Å². The van der Waals surface area contributed by atoms with Crippen LogP contribution in [0.1, 0.15) is 12.5 Å². The van der Waals surface area contributed by atoms with Gasteiger partial charge in [-0.2, -0.15) is 0 Å². The van der Waals surface area contributed by atoms with Crippen molar-refractivity contribution in [2.45, 2.75) is 19.9 Å². The largest absolute Gasteiger partial charge is 0.393 e. The van der Waals surface area contributed by atoms with E-state index in [0.717, 1.165) is 11.3 Å². The molecule has 1 heterocycles. The molecule has 1 unspecified atom stereocenters. The van der Waals surface area contributed by atoms with Gasteiger partial charge in [-0.3, -0.25) is 0 Å². The number of hydrogen-bond donors (Lipinski definition) is 3. The van der Waals surface area contributed by atoms with Crippen LogP contribution in [-0.2, 0) is 4.74 Å². The highest BCUT2D eigenvalue weighted by molar-refractivity contribution is 6.30. The Labute approximate surface area is 135 Å². The summed E-state index contributed by atoms with van der Waals surface area (Å²) in [5.74, 6) is 1.11. The minimum Gasteiger partial charge on any atom is -0.393 e. The van der Waals surface area contributed by atoms with Gasteiger partial charge in [-0.25, -0.2) is 9.97 Å². The Balaban J connectivity index is 2.23. The summed E-state index contributed by atoms with van der Waals surface area (Å²) >= 11 is 6.03. The number of rotatable bonds is 6. The zero-order valence-electron chi connectivity index (χ0n) is 12.9. The van der Waals surface area contributed by atoms with Crippen LogP contribution in [0.4, 0.5) is 23.0 Å². The van der Waals surface area contributed by atoms with Gasteiger partial charge < -0.3 is 21.1 Å². The van der Waals surface area contributed by atoms with Gasteiger partial charge >= 0.3 is 0 Å². The lowest BCUT2D eigenvalue weighted by atomic mass is 10.2. The Morgan fingerprint density at radius 3 is 2.77 bits per heavy atom. The minimum atomic E-state index is 0.0861. The van der Waals surface area contributed by atoms with Crippen LogP contribution in [0.5, 0.6) is 0 Å². The molecule has 0 fully saturated rings. The maximum Gasteiger partial charge on any atom is 0.159 e. The summed E-state index contributed by atoms with van der Waals surface area (Å²) in [4.78, 5) is 8.37. The van der Waals surface area contributed by atoms with E-state index in [9.17, 15) is 0 Å². The minimum absolute atomic E-state index is 0.0861. The first-order valence-corrected chi connectivity index (χ1v) is 7.28. The molecule has 0 aliphatic heterocycles. The number of benzene rings is 1. The summed E-state index contributed by atoms with van der Waals surface area (Å²) in [5, 5.41) is 7.04. The molecule has 4 N–H and O–H groups in total. The molecular formula is C15H20ClN5O. The Morgan fingerprint density at radius 1 is 1.32 bits per heavy atom. The summed E-state index contributed by atoms with van der Waals surface area (Å²) in [6, 6.07) is 5.69. The fourth-order valence-corrected chi connectivity index (χ4v) is 2.16. The molecule has 0 saturated heterocycles. The van der Waals surface area contributed by atoms with E-state index >= 15 is 0 Å². The van der Waals surface area contributed by atoms with Gasteiger partial charge in [0.05, 0.1) is 6.61 Å². The number of ether oxygens (including phenoxy) is 1. The molecule has 22 heavy (non-hydrogen) atoms. The quantitative estimate of drug-likeness (QED) is 0.757. The molecule has 0 bridgehead atoms. The predicted octanol–water partition coefficient (Wildman–Crippen LogP) is 3.21. The van der Waals surface area contributed by atoms with Crippen molar-refractivity contribution in [2.75, 3.05) is 30.1 Å². The molecule has 7 heteroatoms. The van der Waals surface area contributed by atoms with Crippen LogP contribution in [0.15, 0.2) is 24.5 Å². The molecule has 1 aromatic heterocycles. The van der Waals surface area contributed by atoms with E-state index in [4.69, 9.17) is 22.1 Å². The summed E-state index contributed by atoms with van der Waals surface area (Å²) in [6.07, 6.45) is 1.46. The molecular weight excluding hydrogens is 302 g/mol. The summed E-state index contributed by atoms with van der Waals surface area (Å²) < 4.78 is 5.09. The Morgan fingerprint density at radius 2 is 2.05 bits per heavy atom. The normalized spacial score (nSPS) is 12.0. The second kappa shape index (κ2) is 7.29. The number of nitrogens with two attached hydrogens (primary N) is 1. The van der Waals surface area contributed by atoms with Crippen LogP contribution in [0, 0.1) is 6.92 Å². The van der Waals surface area contributed by atoms with E-state index in [2.05, 4.69) is 20.6 Å². The number of nitrogens with zero attached hydrogens (tertiary/aromatic N) is 2. The van der Waals surface area contributed by atoms with Gasteiger partial charge in [0.2, 0.25) is 0 Å². The van der Waals surface area contributed by atoms with Gasteiger partial charge in [0.1, 0.15) is 12.0 Å². The highest BCUT2D eigenvalue weighted by Gasteiger charge is 2.11. The maximum atomic E-state index is 6.14. The van der Waals surface area contributed by atoms with E-state index in [1.165, 1.54) is 6.33 Å². The number of methoxy groups -OCH3 is 1. The SMILES string of the molecule is COCC(C)Nc1ncnc(Nc2cc(Cl)ccc2C)c1N. The number of hydrogen-bond acceptors (Lipinski definition) is 6. The van der Waals surface area contributed by atoms with Gasteiger partial charge in [-0.15, -0.1) is 0 Å². The molecule has 6 nitrogen and oxygen atoms in total. The summed E-state index contributed by atoms with van der Waals surface area (Å²) in [6.45, 7) is 4.52. The Kier molecular flexibility index (Phi) is 5.41. The smallest absolute Gasteiger partial charge is 0.159 e. The van der Waals surface area contributed by atoms with Crippen molar-refractivity contribution >= 4 is 34.6 Å². The van der Waals surface area contributed by atoms with Crippen LogP contribution in [-0.4, -0.2) is 29.7 Å². The maximum absolute atomic E-state index is 6.14. The number of anilines is 4. The fraction of sp³-hybridized carbons (Fsp3) is 0.333. The number of halogens is 1. The highest BCUT2D eigenvalue weighted by Crippen LogP contribution is 2.29. The number of aromatic nitrogens is 2. The third-order valence-corrected chi connectivity index (χ3v) is 3.37. The molecule has 0 spiro atoms. The van der Waals surface area contributed by atoms with E-state index < -0.39 is 0 Å². The van der Waals surface area contributed by atoms with Crippen LogP contribution in [0.3, 0.4) is 0 Å². The van der Waals surface area contributed by atoms with Gasteiger partial charge in [0, 0.05) is 23.9 Å². The number of aryl methyl sites for hydroxylation is 1. The first-order chi connectivity index (χ1) is 10.5. The van der Waals surface area contributed by atoms with Crippen LogP contribution < -0.4 is 16.4 Å². The van der Waals surface area contributed by atoms with Gasteiger partial charge in [-0.1, -0.05) is 17.7 Å². The lowest BCUT2D eigenvalue weighted by Gasteiger charge is -2.17. The average molecular weight is 322 g/mol. The van der Waals surface area contributed by atoms with Crippen molar-refractivity contribution in [1.82, 2.24) is 9.97 Å². The zero-order valence-corrected chi connectivity index (χ0v) is 13.6. The lowest BCUT2D eigenvalue weighted by molar-refractivity contribution is 0.190. The predicted molar refractivity (Wildman–Crippen MR) is 90.9 cm³/mol. The van der Waals surface area contributed by atoms with E-state index in [-0.39, 0.29) is 6.04 Å². The van der Waals surface area contributed by atoms with Crippen molar-refractivity contribution in [3.63, 3.8) is 0 Å². The molecule has 0 radical (unpaired) electrons. The molecule has 0 amide bonds. The van der Waals surface area contributed by atoms with Gasteiger partial charge in [-0.05, 0) is 31.5 Å². The van der Waals surface area contributed by atoms with Crippen molar-refractivity contribution in [2.24, 2.45) is 0 Å². The molecule has 1 atom stereocenters. The number of nitrogen functional groups attached to an aromatic ring is 1. The molecule has 118 valence electrons. The third kappa shape index (κ3) is 3.99. The second-order valence-electron chi connectivity index (χ2n) is 5.07. The van der Waals surface area contributed by atoms with Crippen molar-refractivity contribution < 1.29 is 4.74 Å². The summed E-state index contributed by atoms with van der Waals surface area (Å²) in [5.41, 5.74) is 8.49. The molecule has 2 rings (SSSR count). The fourth-order valence-electron chi connectivity index (χ4n) is 1.99. The monoisotopic (exact) mass is 321 g/mol. The molecule has 2 aromatic rings. The van der Waals surface area contributed by atoms with Gasteiger partial charge in [0.15, 0.2) is 11.6 Å². The Bertz CT molecular complexity index is 650. The van der Waals surface area contributed by atoms with E-state index in [1.807, 2.05) is 32.0 Å². The zero-order chi connectivity index (χ0) is 16.1. The van der Waals surface area contributed by atoms with Gasteiger partial charge in [0.25, 0.3) is 0 Å². The molecule has 1 aromatic carbocycles. The first kappa shape index (κ1) is 16.3. The summed E-state index contributed by atoms with van der Waals surface area (Å²) in [7, 11) is 1.65. The standard InChI is InChI=1S/C15H20ClN5O/c1-9-4-5-11(16)6-12(9)21-15-13(17)14(18-8-19-15)20-10(2)7-22-3/h4-6,8,10H,7,17H2,1-3H3,(H2,18,19,20,21). The first-order valence-electron chi connectivity index (χ1n) is 6.90. The Hall–Kier alpha value is -2.05. The van der Waals surface area contributed by atoms with E-state index in [0.29, 0.717) is 29.0 Å². The van der Waals surface area contributed by atoms with Crippen LogP contribution in [0.2, 0.25) is 5.02 Å². The van der Waals surface area contributed by atoms with Crippen LogP contribution in [0.25, 0.3) is 0 Å². The van der Waals surface area contributed by atoms with E-state index in [1.54, 1.807) is 7.11 Å². The highest BCUT2D eigenvalue weighted by atomic mass is 35.5. The molecule has 0 aliphatic carbocycles. The molecule has 0 aliphatic rings.